The number of methoxy groups -OCH3 is 1. The lowest BCUT2D eigenvalue weighted by Crippen LogP contribution is -2.42. The second kappa shape index (κ2) is 7.24. The molecular weight excluding hydrogens is 382 g/mol. The van der Waals surface area contributed by atoms with Gasteiger partial charge in [0.2, 0.25) is 5.91 Å². The zero-order valence-corrected chi connectivity index (χ0v) is 15.6. The molecule has 0 unspecified atom stereocenters. The minimum atomic E-state index is -3.16. The highest BCUT2D eigenvalue weighted by Gasteiger charge is 2.37. The second-order valence-electron chi connectivity index (χ2n) is 6.15. The van der Waals surface area contributed by atoms with Crippen molar-refractivity contribution in [2.75, 3.05) is 23.9 Å². The lowest BCUT2D eigenvalue weighted by atomic mass is 10.1. The molecule has 2 amide bonds. The average molecular weight is 400 g/mol. The molecule has 1 N–H and O–H groups in total. The zero-order valence-electron chi connectivity index (χ0n) is 14.1. The van der Waals surface area contributed by atoms with Gasteiger partial charge in [0.15, 0.2) is 9.84 Å². The van der Waals surface area contributed by atoms with Crippen molar-refractivity contribution in [2.45, 2.75) is 25.3 Å². The number of halogens is 1. The molecule has 1 fully saturated rings. The van der Waals surface area contributed by atoms with Gasteiger partial charge in [0.05, 0.1) is 29.7 Å². The molecule has 8 nitrogen and oxygen atoms in total. The van der Waals surface area contributed by atoms with Gasteiger partial charge >= 0.3 is 0 Å². The fourth-order valence-corrected chi connectivity index (χ4v) is 4.89. The lowest BCUT2D eigenvalue weighted by molar-refractivity contribution is -0.133. The Balaban J connectivity index is 1.75. The van der Waals surface area contributed by atoms with E-state index in [0.29, 0.717) is 22.9 Å². The van der Waals surface area contributed by atoms with E-state index in [9.17, 15) is 18.0 Å². The quantitative estimate of drug-likeness (QED) is 0.825. The van der Waals surface area contributed by atoms with Crippen LogP contribution >= 0.6 is 11.6 Å². The molecular formula is C16H18ClN3O5S. The van der Waals surface area contributed by atoms with E-state index in [1.165, 1.54) is 7.11 Å². The molecule has 3 rings (SSSR count). The summed E-state index contributed by atoms with van der Waals surface area (Å²) in [6, 6.07) is 4.30. The second-order valence-corrected chi connectivity index (χ2v) is 8.78. The number of carbonyl (C=O) groups is 2. The number of benzene rings is 1. The molecule has 10 heteroatoms. The first-order valence-electron chi connectivity index (χ1n) is 8.04. The van der Waals surface area contributed by atoms with Gasteiger partial charge in [0.1, 0.15) is 11.5 Å². The summed E-state index contributed by atoms with van der Waals surface area (Å²) in [7, 11) is -1.67. The molecule has 2 aliphatic heterocycles. The number of ether oxygens (including phenoxy) is 1. The van der Waals surface area contributed by atoms with Crippen molar-refractivity contribution in [3.63, 3.8) is 0 Å². The molecule has 2 heterocycles. The summed E-state index contributed by atoms with van der Waals surface area (Å²) in [5.74, 6) is -0.326. The molecule has 1 saturated heterocycles. The van der Waals surface area contributed by atoms with Gasteiger partial charge in [-0.15, -0.1) is 0 Å². The summed E-state index contributed by atoms with van der Waals surface area (Å²) in [4.78, 5) is 24.6. The third-order valence-electron chi connectivity index (χ3n) is 4.29. The maximum atomic E-state index is 12.5. The summed E-state index contributed by atoms with van der Waals surface area (Å²) in [5.41, 5.74) is 0.649. The number of sulfone groups is 1. The third-order valence-corrected chi connectivity index (χ3v) is 6.33. The Morgan fingerprint density at radius 1 is 1.38 bits per heavy atom. The molecule has 0 bridgehead atoms. The topological polar surface area (TPSA) is 105 Å². The van der Waals surface area contributed by atoms with Gasteiger partial charge in [-0.3, -0.25) is 9.59 Å². The Morgan fingerprint density at radius 2 is 2.15 bits per heavy atom. The summed E-state index contributed by atoms with van der Waals surface area (Å²) in [5, 5.41) is 8.32. The predicted molar refractivity (Wildman–Crippen MR) is 97.2 cm³/mol. The van der Waals surface area contributed by atoms with E-state index in [-0.39, 0.29) is 36.0 Å². The third kappa shape index (κ3) is 3.99. The van der Waals surface area contributed by atoms with E-state index >= 15 is 0 Å². The van der Waals surface area contributed by atoms with Crippen LogP contribution in [0.2, 0.25) is 5.02 Å². The molecule has 0 saturated carbocycles. The van der Waals surface area contributed by atoms with Crippen LogP contribution in [0.1, 0.15) is 19.3 Å². The molecule has 1 aromatic carbocycles. The van der Waals surface area contributed by atoms with Gasteiger partial charge in [0, 0.05) is 18.5 Å². The van der Waals surface area contributed by atoms with Crippen molar-refractivity contribution in [2.24, 2.45) is 5.10 Å². The molecule has 140 valence electrons. The average Bonchev–Trinajstić information content (AvgIpc) is 2.95. The van der Waals surface area contributed by atoms with Gasteiger partial charge < -0.3 is 10.1 Å². The van der Waals surface area contributed by atoms with Gasteiger partial charge in [-0.2, -0.15) is 5.10 Å². The monoisotopic (exact) mass is 399 g/mol. The van der Waals surface area contributed by atoms with Crippen molar-refractivity contribution in [3.8, 4) is 5.75 Å². The standard InChI is InChI=1S/C16H18ClN3O5S/c1-25-14-4-2-10(8-12(14)17)18-16(22)13-3-5-15(21)20(19-13)11-6-7-26(23,24)9-11/h2,4,8,11H,3,5-7,9H2,1H3,(H,18,22)/t11-/m1/s1. The number of rotatable bonds is 4. The number of carbonyl (C=O) groups excluding carboxylic acids is 2. The normalized spacial score (nSPS) is 22.1. The van der Waals surface area contributed by atoms with Crippen LogP contribution in [0.4, 0.5) is 5.69 Å². The van der Waals surface area contributed by atoms with Crippen LogP contribution in [0.3, 0.4) is 0 Å². The van der Waals surface area contributed by atoms with Crippen molar-refractivity contribution in [1.82, 2.24) is 5.01 Å². The van der Waals surface area contributed by atoms with Gasteiger partial charge in [-0.25, -0.2) is 13.4 Å². The number of hydrogen-bond acceptors (Lipinski definition) is 6. The highest BCUT2D eigenvalue weighted by molar-refractivity contribution is 7.91. The number of hydrazone groups is 1. The number of hydrogen-bond donors (Lipinski definition) is 1. The number of nitrogens with one attached hydrogen (secondary N) is 1. The lowest BCUT2D eigenvalue weighted by Gasteiger charge is -2.27. The summed E-state index contributed by atoms with van der Waals surface area (Å²) in [6.07, 6.45) is 0.650. The van der Waals surface area contributed by atoms with Crippen LogP contribution in [0.15, 0.2) is 23.3 Å². The van der Waals surface area contributed by atoms with Gasteiger partial charge in [0.25, 0.3) is 5.91 Å². The van der Waals surface area contributed by atoms with Crippen LogP contribution in [0.25, 0.3) is 0 Å². The van der Waals surface area contributed by atoms with Crippen LogP contribution < -0.4 is 10.1 Å². The van der Waals surface area contributed by atoms with Crippen LogP contribution in [0, 0.1) is 0 Å². The molecule has 26 heavy (non-hydrogen) atoms. The molecule has 0 spiro atoms. The van der Waals surface area contributed by atoms with E-state index in [2.05, 4.69) is 10.4 Å². The Kier molecular flexibility index (Phi) is 5.19. The summed E-state index contributed by atoms with van der Waals surface area (Å²) < 4.78 is 28.3. The number of nitrogens with zero attached hydrogens (tertiary/aromatic N) is 2. The van der Waals surface area contributed by atoms with Crippen molar-refractivity contribution in [1.29, 1.82) is 0 Å². The first-order valence-corrected chi connectivity index (χ1v) is 10.2. The highest BCUT2D eigenvalue weighted by Crippen LogP contribution is 2.27. The SMILES string of the molecule is COc1ccc(NC(=O)C2=NN([C@@H]3CCS(=O)(=O)C3)C(=O)CC2)cc1Cl. The molecule has 2 aliphatic rings. The molecule has 1 aromatic rings. The largest absolute Gasteiger partial charge is 0.495 e. The van der Waals surface area contributed by atoms with Gasteiger partial charge in [-0.1, -0.05) is 11.6 Å². The Morgan fingerprint density at radius 3 is 2.77 bits per heavy atom. The molecule has 0 aromatic heterocycles. The minimum absolute atomic E-state index is 0.0306. The Bertz CT molecular complexity index is 884. The van der Waals surface area contributed by atoms with Crippen molar-refractivity contribution >= 4 is 44.7 Å². The fraction of sp³-hybridized carbons (Fsp3) is 0.438. The summed E-state index contributed by atoms with van der Waals surface area (Å²) in [6.45, 7) is 0. The summed E-state index contributed by atoms with van der Waals surface area (Å²) >= 11 is 6.04. The van der Waals surface area contributed by atoms with Crippen molar-refractivity contribution < 1.29 is 22.7 Å². The van der Waals surface area contributed by atoms with Gasteiger partial charge in [-0.05, 0) is 24.6 Å². The molecule has 1 atom stereocenters. The van der Waals surface area contributed by atoms with E-state index in [1.54, 1.807) is 18.2 Å². The fourth-order valence-electron chi connectivity index (χ4n) is 2.94. The highest BCUT2D eigenvalue weighted by atomic mass is 35.5. The molecule has 0 radical (unpaired) electrons. The Labute approximate surface area is 156 Å². The zero-order chi connectivity index (χ0) is 18.9. The van der Waals surface area contributed by atoms with Crippen LogP contribution in [0.5, 0.6) is 5.75 Å². The van der Waals surface area contributed by atoms with Crippen LogP contribution in [-0.4, -0.2) is 55.6 Å². The number of amides is 2. The molecule has 0 aliphatic carbocycles. The van der Waals surface area contributed by atoms with E-state index in [0.717, 1.165) is 5.01 Å². The minimum Gasteiger partial charge on any atom is -0.495 e. The van der Waals surface area contributed by atoms with E-state index in [4.69, 9.17) is 16.3 Å². The first kappa shape index (κ1) is 18.7. The number of anilines is 1. The maximum Gasteiger partial charge on any atom is 0.271 e. The van der Waals surface area contributed by atoms with Crippen molar-refractivity contribution in [3.05, 3.63) is 23.2 Å². The van der Waals surface area contributed by atoms with E-state index < -0.39 is 21.8 Å². The Hall–Kier alpha value is -2.13. The van der Waals surface area contributed by atoms with E-state index in [1.807, 2.05) is 0 Å². The predicted octanol–water partition coefficient (Wildman–Crippen LogP) is 1.45. The van der Waals surface area contributed by atoms with Crippen LogP contribution in [-0.2, 0) is 19.4 Å². The smallest absolute Gasteiger partial charge is 0.271 e. The first-order chi connectivity index (χ1) is 12.3. The maximum absolute atomic E-state index is 12.5.